The van der Waals surface area contributed by atoms with Crippen LogP contribution in [0.3, 0.4) is 0 Å². The Morgan fingerprint density at radius 2 is 2.00 bits per heavy atom. The Balaban J connectivity index is 1.53. The standard InChI is InChI=1S/C14H15N3O2S/c1-4-11-12(19-6-5-18-11)7-9(1)14-17-16-13(20-14)8-15-10-2-3-10/h1,4,7,10,15H,2-3,5-6,8H2. The van der Waals surface area contributed by atoms with Crippen LogP contribution in [-0.4, -0.2) is 29.5 Å². The fraction of sp³-hybridized carbons (Fsp3) is 0.429. The third-order valence-electron chi connectivity index (χ3n) is 3.38. The zero-order valence-corrected chi connectivity index (χ0v) is 11.8. The van der Waals surface area contributed by atoms with Crippen molar-refractivity contribution in [3.63, 3.8) is 0 Å². The number of ether oxygens (including phenoxy) is 2. The summed E-state index contributed by atoms with van der Waals surface area (Å²) in [7, 11) is 0. The molecule has 2 heterocycles. The zero-order valence-electron chi connectivity index (χ0n) is 11.0. The molecule has 0 amide bonds. The maximum atomic E-state index is 5.60. The highest BCUT2D eigenvalue weighted by Crippen LogP contribution is 2.35. The summed E-state index contributed by atoms with van der Waals surface area (Å²) in [5.74, 6) is 1.60. The van der Waals surface area contributed by atoms with Crippen molar-refractivity contribution in [1.82, 2.24) is 15.5 Å². The van der Waals surface area contributed by atoms with E-state index in [0.29, 0.717) is 19.3 Å². The molecule has 0 unspecified atom stereocenters. The van der Waals surface area contributed by atoms with Gasteiger partial charge in [-0.25, -0.2) is 0 Å². The number of nitrogens with zero attached hydrogens (tertiary/aromatic N) is 2. The normalized spacial score (nSPS) is 17.2. The Morgan fingerprint density at radius 1 is 1.15 bits per heavy atom. The SMILES string of the molecule is c1cc2c(cc1-c1nnc(CNC3CC3)s1)OCCO2. The van der Waals surface area contributed by atoms with Gasteiger partial charge in [-0.3, -0.25) is 0 Å². The Bertz CT molecular complexity index is 625. The molecule has 0 bridgehead atoms. The molecular weight excluding hydrogens is 274 g/mol. The highest BCUT2D eigenvalue weighted by atomic mass is 32.1. The van der Waals surface area contributed by atoms with Gasteiger partial charge in [-0.2, -0.15) is 0 Å². The first-order valence-corrected chi connectivity index (χ1v) is 7.66. The largest absolute Gasteiger partial charge is 0.486 e. The van der Waals surface area contributed by atoms with Gasteiger partial charge in [-0.15, -0.1) is 10.2 Å². The molecule has 0 atom stereocenters. The van der Waals surface area contributed by atoms with E-state index in [2.05, 4.69) is 15.5 Å². The molecule has 1 aromatic heterocycles. The van der Waals surface area contributed by atoms with Crippen LogP contribution < -0.4 is 14.8 Å². The predicted octanol–water partition coefficient (Wildman–Crippen LogP) is 2.23. The molecule has 1 saturated carbocycles. The van der Waals surface area contributed by atoms with Gasteiger partial charge in [0.15, 0.2) is 11.5 Å². The molecule has 1 aliphatic heterocycles. The van der Waals surface area contributed by atoms with E-state index in [1.54, 1.807) is 11.3 Å². The van der Waals surface area contributed by atoms with Crippen LogP contribution in [0, 0.1) is 0 Å². The van der Waals surface area contributed by atoms with Gasteiger partial charge < -0.3 is 14.8 Å². The number of hydrogen-bond donors (Lipinski definition) is 1. The topological polar surface area (TPSA) is 56.3 Å². The highest BCUT2D eigenvalue weighted by Gasteiger charge is 2.21. The average Bonchev–Trinajstić information content (AvgIpc) is 3.21. The minimum atomic E-state index is 0.600. The molecule has 2 aliphatic rings. The molecule has 0 radical (unpaired) electrons. The van der Waals surface area contributed by atoms with E-state index in [4.69, 9.17) is 9.47 Å². The van der Waals surface area contributed by atoms with Gasteiger partial charge in [0.1, 0.15) is 23.2 Å². The first-order chi connectivity index (χ1) is 9.88. The van der Waals surface area contributed by atoms with E-state index >= 15 is 0 Å². The van der Waals surface area contributed by atoms with Crippen LogP contribution in [0.25, 0.3) is 10.6 Å². The summed E-state index contributed by atoms with van der Waals surface area (Å²) >= 11 is 1.63. The third-order valence-corrected chi connectivity index (χ3v) is 4.35. The second kappa shape index (κ2) is 5.03. The number of nitrogens with one attached hydrogen (secondary N) is 1. The van der Waals surface area contributed by atoms with Crippen LogP contribution in [0.1, 0.15) is 17.8 Å². The van der Waals surface area contributed by atoms with Crippen LogP contribution in [0.2, 0.25) is 0 Å². The summed E-state index contributed by atoms with van der Waals surface area (Å²) in [6.07, 6.45) is 2.57. The minimum absolute atomic E-state index is 0.600. The molecular formula is C14H15N3O2S. The second-order valence-electron chi connectivity index (χ2n) is 5.01. The van der Waals surface area contributed by atoms with Gasteiger partial charge in [0.05, 0.1) is 0 Å². The summed E-state index contributed by atoms with van der Waals surface area (Å²) < 4.78 is 11.1. The van der Waals surface area contributed by atoms with Crippen molar-refractivity contribution >= 4 is 11.3 Å². The van der Waals surface area contributed by atoms with Crippen LogP contribution in [0.15, 0.2) is 18.2 Å². The lowest BCUT2D eigenvalue weighted by molar-refractivity contribution is 0.171. The van der Waals surface area contributed by atoms with Crippen molar-refractivity contribution in [2.75, 3.05) is 13.2 Å². The Hall–Kier alpha value is -1.66. The maximum Gasteiger partial charge on any atom is 0.162 e. The first kappa shape index (κ1) is 12.1. The molecule has 5 nitrogen and oxygen atoms in total. The van der Waals surface area contributed by atoms with Crippen molar-refractivity contribution < 1.29 is 9.47 Å². The molecule has 2 aromatic rings. The highest BCUT2D eigenvalue weighted by molar-refractivity contribution is 7.14. The van der Waals surface area contributed by atoms with Gasteiger partial charge in [-0.1, -0.05) is 11.3 Å². The molecule has 1 N–H and O–H groups in total. The van der Waals surface area contributed by atoms with Gasteiger partial charge in [0, 0.05) is 18.2 Å². The van der Waals surface area contributed by atoms with E-state index in [9.17, 15) is 0 Å². The van der Waals surface area contributed by atoms with E-state index in [0.717, 1.165) is 33.6 Å². The van der Waals surface area contributed by atoms with Gasteiger partial charge in [0.2, 0.25) is 0 Å². The summed E-state index contributed by atoms with van der Waals surface area (Å²) in [6.45, 7) is 2.03. The summed E-state index contributed by atoms with van der Waals surface area (Å²) in [5, 5.41) is 13.9. The lowest BCUT2D eigenvalue weighted by Crippen LogP contribution is -2.15. The molecule has 6 heteroatoms. The lowest BCUT2D eigenvalue weighted by Gasteiger charge is -2.18. The molecule has 20 heavy (non-hydrogen) atoms. The summed E-state index contributed by atoms with van der Waals surface area (Å²) in [6, 6.07) is 6.61. The molecule has 1 aromatic carbocycles. The summed E-state index contributed by atoms with van der Waals surface area (Å²) in [5.41, 5.74) is 1.03. The monoisotopic (exact) mass is 289 g/mol. The van der Waals surface area contributed by atoms with E-state index < -0.39 is 0 Å². The van der Waals surface area contributed by atoms with Crippen LogP contribution in [0.5, 0.6) is 11.5 Å². The fourth-order valence-corrected chi connectivity index (χ4v) is 2.92. The van der Waals surface area contributed by atoms with Gasteiger partial charge in [-0.05, 0) is 31.0 Å². The first-order valence-electron chi connectivity index (χ1n) is 6.84. The maximum absolute atomic E-state index is 5.60. The number of aromatic nitrogens is 2. The van der Waals surface area contributed by atoms with Crippen molar-refractivity contribution in [2.24, 2.45) is 0 Å². The van der Waals surface area contributed by atoms with E-state index in [-0.39, 0.29) is 0 Å². The van der Waals surface area contributed by atoms with Crippen molar-refractivity contribution in [1.29, 1.82) is 0 Å². The Morgan fingerprint density at radius 3 is 2.85 bits per heavy atom. The number of benzene rings is 1. The summed E-state index contributed by atoms with van der Waals surface area (Å²) in [4.78, 5) is 0. The molecule has 0 spiro atoms. The molecule has 104 valence electrons. The Labute approximate surface area is 120 Å². The minimum Gasteiger partial charge on any atom is -0.486 e. The molecule has 1 aliphatic carbocycles. The van der Waals surface area contributed by atoms with Gasteiger partial charge >= 0.3 is 0 Å². The molecule has 4 rings (SSSR count). The quantitative estimate of drug-likeness (QED) is 0.935. The van der Waals surface area contributed by atoms with Gasteiger partial charge in [0.25, 0.3) is 0 Å². The predicted molar refractivity (Wildman–Crippen MR) is 76.2 cm³/mol. The average molecular weight is 289 g/mol. The number of hydrogen-bond acceptors (Lipinski definition) is 6. The number of fused-ring (bicyclic) bond motifs is 1. The van der Waals surface area contributed by atoms with Crippen molar-refractivity contribution in [3.05, 3.63) is 23.2 Å². The second-order valence-corrected chi connectivity index (χ2v) is 6.08. The molecule has 1 fully saturated rings. The fourth-order valence-electron chi connectivity index (χ4n) is 2.14. The smallest absolute Gasteiger partial charge is 0.162 e. The van der Waals surface area contributed by atoms with Crippen LogP contribution in [-0.2, 0) is 6.54 Å². The third kappa shape index (κ3) is 2.48. The van der Waals surface area contributed by atoms with Crippen LogP contribution >= 0.6 is 11.3 Å². The van der Waals surface area contributed by atoms with E-state index in [1.165, 1.54) is 12.8 Å². The lowest BCUT2D eigenvalue weighted by atomic mass is 10.2. The van der Waals surface area contributed by atoms with Crippen LogP contribution in [0.4, 0.5) is 0 Å². The van der Waals surface area contributed by atoms with E-state index in [1.807, 2.05) is 18.2 Å². The molecule has 0 saturated heterocycles. The van der Waals surface area contributed by atoms with Crippen molar-refractivity contribution in [2.45, 2.75) is 25.4 Å². The zero-order chi connectivity index (χ0) is 13.4. The number of rotatable bonds is 4. The van der Waals surface area contributed by atoms with Crippen molar-refractivity contribution in [3.8, 4) is 22.1 Å². The Kier molecular flexibility index (Phi) is 3.05.